The zero-order chi connectivity index (χ0) is 9.14. The summed E-state index contributed by atoms with van der Waals surface area (Å²) >= 11 is 11.2. The number of rotatable bonds is 1. The van der Waals surface area contributed by atoms with Crippen molar-refractivity contribution < 1.29 is 9.18 Å². The molecule has 12 heavy (non-hydrogen) atoms. The third-order valence-corrected chi connectivity index (χ3v) is 2.00. The minimum atomic E-state index is -1.67. The van der Waals surface area contributed by atoms with E-state index in [0.29, 0.717) is 0 Å². The van der Waals surface area contributed by atoms with E-state index >= 15 is 0 Å². The quantitative estimate of drug-likeness (QED) is 0.555. The molecule has 0 aromatic heterocycles. The van der Waals surface area contributed by atoms with Crippen molar-refractivity contribution in [1.82, 2.24) is 0 Å². The molecule has 5 heteroatoms. The third-order valence-electron chi connectivity index (χ3n) is 1.18. The van der Waals surface area contributed by atoms with Crippen LogP contribution in [-0.2, 0) is 0 Å². The lowest BCUT2D eigenvalue weighted by Crippen LogP contribution is -2.02. The van der Waals surface area contributed by atoms with Crippen molar-refractivity contribution in [3.63, 3.8) is 0 Å². The van der Waals surface area contributed by atoms with Crippen molar-refractivity contribution in [3.05, 3.63) is 28.2 Å². The summed E-state index contributed by atoms with van der Waals surface area (Å²) in [4.78, 5) is 10.00. The van der Waals surface area contributed by atoms with Gasteiger partial charge < -0.3 is 0 Å². The standard InChI is InChI=1S/C7H4Cl2FNO/c8-4-2-1-3-5(6(4)9)11-7(10)12/h1-3H,(H,11,12). The number of halogens is 3. The Labute approximate surface area is 78.3 Å². The van der Waals surface area contributed by atoms with Gasteiger partial charge in [0.2, 0.25) is 0 Å². The predicted octanol–water partition coefficient (Wildman–Crippen LogP) is 3.49. The smallest absolute Gasteiger partial charge is 0.296 e. The minimum Gasteiger partial charge on any atom is -0.296 e. The van der Waals surface area contributed by atoms with Gasteiger partial charge in [-0.2, -0.15) is 0 Å². The van der Waals surface area contributed by atoms with Crippen LogP contribution in [0.2, 0.25) is 10.0 Å². The van der Waals surface area contributed by atoms with Gasteiger partial charge in [0.05, 0.1) is 15.7 Å². The van der Waals surface area contributed by atoms with Gasteiger partial charge >= 0.3 is 6.16 Å². The van der Waals surface area contributed by atoms with Crippen LogP contribution in [-0.4, -0.2) is 6.16 Å². The van der Waals surface area contributed by atoms with Gasteiger partial charge in [0.25, 0.3) is 0 Å². The molecule has 0 bridgehead atoms. The Hall–Kier alpha value is -0.800. The highest BCUT2D eigenvalue weighted by molar-refractivity contribution is 6.43. The molecule has 1 aromatic carbocycles. The SMILES string of the molecule is O=C(F)Nc1cccc(Cl)c1Cl. The topological polar surface area (TPSA) is 29.1 Å². The van der Waals surface area contributed by atoms with Crippen LogP contribution in [0.15, 0.2) is 18.2 Å². The molecule has 0 aliphatic heterocycles. The molecule has 0 atom stereocenters. The number of anilines is 1. The second-order valence-electron chi connectivity index (χ2n) is 2.00. The van der Waals surface area contributed by atoms with Gasteiger partial charge in [0.1, 0.15) is 0 Å². The fourth-order valence-electron chi connectivity index (χ4n) is 0.706. The summed E-state index contributed by atoms with van der Waals surface area (Å²) in [6.07, 6.45) is -1.67. The molecule has 64 valence electrons. The van der Waals surface area contributed by atoms with Crippen LogP contribution < -0.4 is 5.32 Å². The van der Waals surface area contributed by atoms with E-state index in [2.05, 4.69) is 0 Å². The van der Waals surface area contributed by atoms with Crippen molar-refractivity contribution in [1.29, 1.82) is 0 Å². The Morgan fingerprint density at radius 2 is 2.08 bits per heavy atom. The lowest BCUT2D eigenvalue weighted by atomic mass is 10.3. The maximum atomic E-state index is 11.8. The molecule has 1 N–H and O–H groups in total. The molecule has 0 spiro atoms. The van der Waals surface area contributed by atoms with E-state index in [9.17, 15) is 9.18 Å². The van der Waals surface area contributed by atoms with Crippen LogP contribution in [0.1, 0.15) is 0 Å². The van der Waals surface area contributed by atoms with Gasteiger partial charge in [-0.15, -0.1) is 4.39 Å². The second kappa shape index (κ2) is 3.74. The Kier molecular flexibility index (Phi) is 2.89. The van der Waals surface area contributed by atoms with Crippen LogP contribution in [0.3, 0.4) is 0 Å². The number of hydrogen-bond donors (Lipinski definition) is 1. The summed E-state index contributed by atoms with van der Waals surface area (Å²) in [5.41, 5.74) is 0.164. The fourth-order valence-corrected chi connectivity index (χ4v) is 1.05. The number of benzene rings is 1. The summed E-state index contributed by atoms with van der Waals surface area (Å²) in [7, 11) is 0. The first kappa shape index (κ1) is 9.29. The number of hydrogen-bond acceptors (Lipinski definition) is 1. The van der Waals surface area contributed by atoms with Crippen LogP contribution in [0.5, 0.6) is 0 Å². The number of carbonyl (C=O) groups is 1. The molecule has 0 aliphatic rings. The monoisotopic (exact) mass is 207 g/mol. The van der Waals surface area contributed by atoms with E-state index in [4.69, 9.17) is 23.2 Å². The van der Waals surface area contributed by atoms with Crippen molar-refractivity contribution >= 4 is 35.1 Å². The summed E-state index contributed by atoms with van der Waals surface area (Å²) in [6, 6.07) is 4.54. The molecule has 1 aromatic rings. The minimum absolute atomic E-state index is 0.130. The van der Waals surface area contributed by atoms with Crippen LogP contribution in [0, 0.1) is 0 Å². The van der Waals surface area contributed by atoms with Gasteiger partial charge in [0.15, 0.2) is 0 Å². The highest BCUT2D eigenvalue weighted by atomic mass is 35.5. The number of carbonyl (C=O) groups excluding carboxylic acids is 1. The molecule has 0 saturated carbocycles. The largest absolute Gasteiger partial charge is 0.401 e. The van der Waals surface area contributed by atoms with E-state index < -0.39 is 6.16 Å². The lowest BCUT2D eigenvalue weighted by molar-refractivity contribution is 0.235. The van der Waals surface area contributed by atoms with Crippen molar-refractivity contribution in [2.75, 3.05) is 5.32 Å². The molecule has 0 aliphatic carbocycles. The molecule has 0 unspecified atom stereocenters. The summed E-state index contributed by atoms with van der Waals surface area (Å²) in [5.74, 6) is 0. The Morgan fingerprint density at radius 3 is 2.67 bits per heavy atom. The zero-order valence-electron chi connectivity index (χ0n) is 5.77. The molecule has 0 saturated heterocycles. The summed E-state index contributed by atoms with van der Waals surface area (Å²) in [5, 5.41) is 2.29. The van der Waals surface area contributed by atoms with E-state index in [1.807, 2.05) is 5.32 Å². The maximum absolute atomic E-state index is 11.8. The fraction of sp³-hybridized carbons (Fsp3) is 0. The molecule has 0 radical (unpaired) electrons. The van der Waals surface area contributed by atoms with Crippen molar-refractivity contribution in [2.24, 2.45) is 0 Å². The average Bonchev–Trinajstić information content (AvgIpc) is 1.98. The highest BCUT2D eigenvalue weighted by Crippen LogP contribution is 2.29. The number of nitrogens with one attached hydrogen (secondary N) is 1. The highest BCUT2D eigenvalue weighted by Gasteiger charge is 2.06. The molecule has 2 nitrogen and oxygen atoms in total. The van der Waals surface area contributed by atoms with Gasteiger partial charge in [-0.05, 0) is 12.1 Å². The van der Waals surface area contributed by atoms with E-state index in [1.54, 1.807) is 6.07 Å². The van der Waals surface area contributed by atoms with Gasteiger partial charge in [-0.1, -0.05) is 29.3 Å². The van der Waals surface area contributed by atoms with Crippen LogP contribution >= 0.6 is 23.2 Å². The Morgan fingerprint density at radius 1 is 1.42 bits per heavy atom. The summed E-state index contributed by atoms with van der Waals surface area (Å²) < 4.78 is 11.8. The average molecular weight is 208 g/mol. The molecule has 1 amide bonds. The normalized spacial score (nSPS) is 9.58. The molecule has 0 heterocycles. The predicted molar refractivity (Wildman–Crippen MR) is 46.6 cm³/mol. The van der Waals surface area contributed by atoms with E-state index in [1.165, 1.54) is 12.1 Å². The summed E-state index contributed by atoms with van der Waals surface area (Å²) in [6.45, 7) is 0. The van der Waals surface area contributed by atoms with Crippen molar-refractivity contribution in [2.45, 2.75) is 0 Å². The van der Waals surface area contributed by atoms with Gasteiger partial charge in [-0.25, -0.2) is 4.79 Å². The Bertz CT molecular complexity index is 316. The first-order valence-electron chi connectivity index (χ1n) is 3.02. The molecular formula is C7H4Cl2FNO. The van der Waals surface area contributed by atoms with Crippen LogP contribution in [0.4, 0.5) is 14.9 Å². The lowest BCUT2D eigenvalue weighted by Gasteiger charge is -2.02. The first-order chi connectivity index (χ1) is 5.61. The zero-order valence-corrected chi connectivity index (χ0v) is 7.29. The van der Waals surface area contributed by atoms with Gasteiger partial charge in [-0.3, -0.25) is 5.32 Å². The molecule has 0 fully saturated rings. The second-order valence-corrected chi connectivity index (χ2v) is 2.79. The van der Waals surface area contributed by atoms with Crippen molar-refractivity contribution in [3.8, 4) is 0 Å². The first-order valence-corrected chi connectivity index (χ1v) is 3.77. The van der Waals surface area contributed by atoms with E-state index in [-0.39, 0.29) is 15.7 Å². The Balaban J connectivity index is 3.00. The third kappa shape index (κ3) is 2.09. The van der Waals surface area contributed by atoms with Crippen LogP contribution in [0.25, 0.3) is 0 Å². The maximum Gasteiger partial charge on any atom is 0.401 e. The van der Waals surface area contributed by atoms with E-state index in [0.717, 1.165) is 0 Å². The molecule has 1 rings (SSSR count). The number of amides is 1. The molecular weight excluding hydrogens is 204 g/mol. The van der Waals surface area contributed by atoms with Gasteiger partial charge in [0, 0.05) is 0 Å².